The van der Waals surface area contributed by atoms with Crippen molar-refractivity contribution in [3.63, 3.8) is 0 Å². The Kier molecular flexibility index (Phi) is 2.73. The van der Waals surface area contributed by atoms with Gasteiger partial charge in [-0.15, -0.1) is 11.3 Å². The van der Waals surface area contributed by atoms with Crippen LogP contribution in [0, 0.1) is 0 Å². The molecule has 0 saturated heterocycles. The van der Waals surface area contributed by atoms with E-state index < -0.39 is 5.91 Å². The first-order valence-corrected chi connectivity index (χ1v) is 6.24. The van der Waals surface area contributed by atoms with E-state index in [2.05, 4.69) is 9.97 Å². The van der Waals surface area contributed by atoms with Gasteiger partial charge in [0.2, 0.25) is 0 Å². The molecule has 0 unspecified atom stereocenters. The summed E-state index contributed by atoms with van der Waals surface area (Å²) in [4.78, 5) is 32.6. The maximum Gasteiger partial charge on any atom is 0.271 e. The number of fused-ring (bicyclic) bond motifs is 3. The second-order valence-electron chi connectivity index (χ2n) is 3.88. The van der Waals surface area contributed by atoms with Crippen molar-refractivity contribution in [1.82, 2.24) is 20.0 Å². The summed E-state index contributed by atoms with van der Waals surface area (Å²) >= 11 is 1.27. The van der Waals surface area contributed by atoms with Gasteiger partial charge in [0.15, 0.2) is 0 Å². The van der Waals surface area contributed by atoms with Gasteiger partial charge in [0.1, 0.15) is 16.1 Å². The zero-order valence-electron chi connectivity index (χ0n) is 9.66. The Morgan fingerprint density at radius 3 is 3.11 bits per heavy atom. The Morgan fingerprint density at radius 1 is 1.47 bits per heavy atom. The number of carbonyl (C=O) groups excluding carboxylic acids is 1. The quantitative estimate of drug-likeness (QED) is 0.389. The molecule has 0 atom stereocenters. The molecule has 3 heterocycles. The molecule has 7 nitrogen and oxygen atoms in total. The molecule has 0 spiro atoms. The van der Waals surface area contributed by atoms with Crippen molar-refractivity contribution in [1.29, 1.82) is 0 Å². The molecule has 0 aliphatic rings. The highest BCUT2D eigenvalue weighted by Gasteiger charge is 2.12. The molecule has 1 amide bonds. The molecule has 0 aliphatic heterocycles. The summed E-state index contributed by atoms with van der Waals surface area (Å²) in [5.41, 5.74) is 2.33. The lowest BCUT2D eigenvalue weighted by Crippen LogP contribution is -2.36. The summed E-state index contributed by atoms with van der Waals surface area (Å²) < 4.78 is 1.71. The number of carbonyl (C=O) groups is 1. The van der Waals surface area contributed by atoms with Crippen LogP contribution in [0.5, 0.6) is 0 Å². The van der Waals surface area contributed by atoms with Gasteiger partial charge in [-0.3, -0.25) is 19.6 Å². The molecule has 0 radical (unpaired) electrons. The number of nitrogens with zero attached hydrogens (tertiary/aromatic N) is 3. The first-order valence-electron chi connectivity index (χ1n) is 5.43. The average molecular weight is 275 g/mol. The standard InChI is InChI=1S/C11H9N5O2S/c12-15-7(17)4-16-5-14-8-6-2-1-3-13-10(6)19-9(8)11(16)18/h1-3,5H,4,12H2,(H,15,17). The van der Waals surface area contributed by atoms with E-state index in [1.807, 2.05) is 11.5 Å². The third kappa shape index (κ3) is 1.86. The largest absolute Gasteiger partial charge is 0.293 e. The van der Waals surface area contributed by atoms with Crippen molar-refractivity contribution in [3.8, 4) is 0 Å². The number of pyridine rings is 1. The Hall–Kier alpha value is -2.32. The average Bonchev–Trinajstić information content (AvgIpc) is 2.81. The lowest BCUT2D eigenvalue weighted by molar-refractivity contribution is -0.121. The van der Waals surface area contributed by atoms with Crippen LogP contribution >= 0.6 is 11.3 Å². The fraction of sp³-hybridized carbons (Fsp3) is 0.0909. The molecule has 3 N–H and O–H groups in total. The molecule has 8 heteroatoms. The number of hydrazine groups is 1. The zero-order chi connectivity index (χ0) is 13.4. The lowest BCUT2D eigenvalue weighted by atomic mass is 10.3. The molecular formula is C11H9N5O2S. The van der Waals surface area contributed by atoms with Gasteiger partial charge in [-0.05, 0) is 12.1 Å². The fourth-order valence-electron chi connectivity index (χ4n) is 1.82. The molecule has 0 aromatic carbocycles. The van der Waals surface area contributed by atoms with E-state index in [9.17, 15) is 9.59 Å². The van der Waals surface area contributed by atoms with Gasteiger partial charge in [-0.2, -0.15) is 0 Å². The fourth-order valence-corrected chi connectivity index (χ4v) is 2.86. The highest BCUT2D eigenvalue weighted by atomic mass is 32.1. The van der Waals surface area contributed by atoms with Gasteiger partial charge in [0, 0.05) is 11.6 Å². The van der Waals surface area contributed by atoms with Crippen LogP contribution < -0.4 is 16.8 Å². The summed E-state index contributed by atoms with van der Waals surface area (Å²) in [6.07, 6.45) is 3.01. The van der Waals surface area contributed by atoms with Crippen molar-refractivity contribution in [2.75, 3.05) is 0 Å². The van der Waals surface area contributed by atoms with Crippen LogP contribution in [-0.2, 0) is 11.3 Å². The predicted octanol–water partition coefficient (Wildman–Crippen LogP) is -0.00390. The Morgan fingerprint density at radius 2 is 2.32 bits per heavy atom. The zero-order valence-corrected chi connectivity index (χ0v) is 10.5. The Balaban J connectivity index is 2.25. The van der Waals surface area contributed by atoms with Gasteiger partial charge < -0.3 is 0 Å². The van der Waals surface area contributed by atoms with Crippen LogP contribution in [0.4, 0.5) is 0 Å². The number of nitrogens with one attached hydrogen (secondary N) is 1. The SMILES string of the molecule is NNC(=O)Cn1cnc2c(sc3ncccc32)c1=O. The molecule has 0 bridgehead atoms. The summed E-state index contributed by atoms with van der Waals surface area (Å²) in [5.74, 6) is 4.55. The first-order chi connectivity index (χ1) is 9.20. The third-order valence-electron chi connectivity index (χ3n) is 2.70. The summed E-state index contributed by atoms with van der Waals surface area (Å²) in [5, 5.41) is 0.843. The normalized spacial score (nSPS) is 11.0. The van der Waals surface area contributed by atoms with Gasteiger partial charge in [0.05, 0.1) is 11.8 Å². The van der Waals surface area contributed by atoms with Gasteiger partial charge in [-0.1, -0.05) is 0 Å². The summed E-state index contributed by atoms with van der Waals surface area (Å²) in [6, 6.07) is 3.66. The molecule has 19 heavy (non-hydrogen) atoms. The van der Waals surface area contributed by atoms with E-state index >= 15 is 0 Å². The van der Waals surface area contributed by atoms with Crippen LogP contribution in [0.2, 0.25) is 0 Å². The third-order valence-corrected chi connectivity index (χ3v) is 3.79. The van der Waals surface area contributed by atoms with Crippen molar-refractivity contribution in [3.05, 3.63) is 35.0 Å². The number of nitrogens with two attached hydrogens (primary N) is 1. The number of hydrogen-bond acceptors (Lipinski definition) is 6. The number of rotatable bonds is 2. The lowest BCUT2D eigenvalue weighted by Gasteiger charge is -2.03. The van der Waals surface area contributed by atoms with Crippen molar-refractivity contribution >= 4 is 37.7 Å². The maximum atomic E-state index is 12.2. The van der Waals surface area contributed by atoms with E-state index in [-0.39, 0.29) is 12.1 Å². The molecule has 0 aliphatic carbocycles. The van der Waals surface area contributed by atoms with Crippen LogP contribution in [0.3, 0.4) is 0 Å². The molecule has 3 aromatic heterocycles. The highest BCUT2D eigenvalue weighted by Crippen LogP contribution is 2.27. The summed E-state index contributed by atoms with van der Waals surface area (Å²) in [6.45, 7) is -0.153. The Labute approximate surface area is 110 Å². The van der Waals surface area contributed by atoms with Crippen LogP contribution in [0.25, 0.3) is 20.4 Å². The minimum absolute atomic E-state index is 0.153. The van der Waals surface area contributed by atoms with E-state index in [0.717, 1.165) is 10.2 Å². The number of hydrogen-bond donors (Lipinski definition) is 2. The van der Waals surface area contributed by atoms with Gasteiger partial charge >= 0.3 is 0 Å². The number of amides is 1. The second-order valence-corrected chi connectivity index (χ2v) is 4.88. The first kappa shape index (κ1) is 11.8. The van der Waals surface area contributed by atoms with Crippen LogP contribution in [0.1, 0.15) is 0 Å². The van der Waals surface area contributed by atoms with Gasteiger partial charge in [-0.25, -0.2) is 15.8 Å². The minimum atomic E-state index is -0.456. The molecule has 96 valence electrons. The predicted molar refractivity (Wildman–Crippen MR) is 71.5 cm³/mol. The van der Waals surface area contributed by atoms with E-state index in [1.165, 1.54) is 22.2 Å². The van der Waals surface area contributed by atoms with Gasteiger partial charge in [0.25, 0.3) is 11.5 Å². The Bertz CT molecular complexity index is 838. The smallest absolute Gasteiger partial charge is 0.271 e. The molecule has 0 fully saturated rings. The van der Waals surface area contributed by atoms with E-state index in [0.29, 0.717) is 10.2 Å². The van der Waals surface area contributed by atoms with E-state index in [4.69, 9.17) is 5.84 Å². The number of aromatic nitrogens is 3. The van der Waals surface area contributed by atoms with Crippen molar-refractivity contribution < 1.29 is 4.79 Å². The van der Waals surface area contributed by atoms with Crippen molar-refractivity contribution in [2.24, 2.45) is 5.84 Å². The molecule has 3 aromatic rings. The molecular weight excluding hydrogens is 266 g/mol. The van der Waals surface area contributed by atoms with E-state index in [1.54, 1.807) is 12.3 Å². The molecule has 0 saturated carbocycles. The summed E-state index contributed by atoms with van der Waals surface area (Å²) in [7, 11) is 0. The molecule has 3 rings (SSSR count). The van der Waals surface area contributed by atoms with Crippen molar-refractivity contribution in [2.45, 2.75) is 6.54 Å². The topological polar surface area (TPSA) is 103 Å². The maximum absolute atomic E-state index is 12.2. The second kappa shape index (κ2) is 4.41. The highest BCUT2D eigenvalue weighted by molar-refractivity contribution is 7.25. The monoisotopic (exact) mass is 275 g/mol. The number of thiophene rings is 1. The van der Waals surface area contributed by atoms with Crippen LogP contribution in [0.15, 0.2) is 29.5 Å². The minimum Gasteiger partial charge on any atom is -0.293 e. The van der Waals surface area contributed by atoms with Crippen LogP contribution in [-0.4, -0.2) is 20.4 Å².